The van der Waals surface area contributed by atoms with Gasteiger partial charge in [0.2, 0.25) is 0 Å². The average molecular weight is 410 g/mol. The molecule has 0 fully saturated rings. The van der Waals surface area contributed by atoms with Gasteiger partial charge in [0.15, 0.2) is 6.61 Å². The Labute approximate surface area is 168 Å². The summed E-state index contributed by atoms with van der Waals surface area (Å²) in [5.74, 6) is -0.870. The van der Waals surface area contributed by atoms with Crippen molar-refractivity contribution in [3.63, 3.8) is 0 Å². The Morgan fingerprint density at radius 3 is 2.71 bits per heavy atom. The summed E-state index contributed by atoms with van der Waals surface area (Å²) in [4.78, 5) is 28.5. The summed E-state index contributed by atoms with van der Waals surface area (Å²) in [6, 6.07) is 16.4. The predicted molar refractivity (Wildman–Crippen MR) is 110 cm³/mol. The molecule has 2 aromatic carbocycles. The maximum absolute atomic E-state index is 12.3. The molecule has 1 amide bonds. The molecule has 6 nitrogen and oxygen atoms in total. The third-order valence-corrected chi connectivity index (χ3v) is 5.80. The monoisotopic (exact) mass is 410 g/mol. The number of carbonyl (C=O) groups is 2. The second-order valence-electron chi connectivity index (χ2n) is 5.81. The molecular formula is C20H14N2O4S2. The van der Waals surface area contributed by atoms with Crippen LogP contribution in [0.5, 0.6) is 5.75 Å². The summed E-state index contributed by atoms with van der Waals surface area (Å²) in [7, 11) is 0. The first kappa shape index (κ1) is 18.1. The number of aromatic nitrogens is 1. The summed E-state index contributed by atoms with van der Waals surface area (Å²) in [5.41, 5.74) is 2.06. The number of amides is 1. The van der Waals surface area contributed by atoms with Crippen molar-refractivity contribution >= 4 is 50.5 Å². The van der Waals surface area contributed by atoms with Gasteiger partial charge in [0, 0.05) is 5.69 Å². The molecule has 0 saturated heterocycles. The minimum atomic E-state index is -1.06. The Kier molecular flexibility index (Phi) is 5.05. The van der Waals surface area contributed by atoms with Crippen molar-refractivity contribution < 1.29 is 19.4 Å². The molecule has 0 bridgehead atoms. The summed E-state index contributed by atoms with van der Waals surface area (Å²) < 4.78 is 6.45. The van der Waals surface area contributed by atoms with Crippen molar-refractivity contribution in [2.45, 2.75) is 0 Å². The molecule has 8 heteroatoms. The number of carboxylic acids is 1. The molecule has 2 aromatic heterocycles. The van der Waals surface area contributed by atoms with E-state index in [1.807, 2.05) is 35.7 Å². The molecule has 140 valence electrons. The zero-order valence-electron chi connectivity index (χ0n) is 14.4. The highest BCUT2D eigenvalue weighted by molar-refractivity contribution is 7.21. The van der Waals surface area contributed by atoms with E-state index in [2.05, 4.69) is 10.3 Å². The van der Waals surface area contributed by atoms with Crippen LogP contribution in [-0.4, -0.2) is 28.6 Å². The number of rotatable bonds is 6. The lowest BCUT2D eigenvalue weighted by Gasteiger charge is -2.11. The first-order chi connectivity index (χ1) is 13.6. The number of carboxylic acid groups (broad SMARTS) is 1. The Bertz CT molecular complexity index is 1120. The second-order valence-corrected chi connectivity index (χ2v) is 7.79. The van der Waals surface area contributed by atoms with Crippen molar-refractivity contribution in [3.8, 4) is 16.3 Å². The molecule has 0 aliphatic heterocycles. The quantitative estimate of drug-likeness (QED) is 0.479. The summed E-state index contributed by atoms with van der Waals surface area (Å²) >= 11 is 2.83. The van der Waals surface area contributed by atoms with Crippen LogP contribution >= 0.6 is 22.7 Å². The molecule has 0 atom stereocenters. The van der Waals surface area contributed by atoms with Gasteiger partial charge in [-0.25, -0.2) is 9.78 Å². The van der Waals surface area contributed by atoms with Crippen LogP contribution < -0.4 is 10.1 Å². The Hall–Kier alpha value is -3.23. The van der Waals surface area contributed by atoms with Gasteiger partial charge in [-0.05, 0) is 41.8 Å². The molecule has 0 aliphatic rings. The van der Waals surface area contributed by atoms with E-state index < -0.39 is 12.6 Å². The van der Waals surface area contributed by atoms with Crippen LogP contribution in [0.1, 0.15) is 9.67 Å². The summed E-state index contributed by atoms with van der Waals surface area (Å²) in [5, 5.41) is 14.3. The van der Waals surface area contributed by atoms with Gasteiger partial charge in [-0.15, -0.1) is 22.7 Å². The number of carbonyl (C=O) groups excluding carboxylic acids is 1. The highest BCUT2D eigenvalue weighted by Gasteiger charge is 2.15. The number of hydrogen-bond donors (Lipinski definition) is 2. The molecule has 0 aliphatic carbocycles. The summed E-state index contributed by atoms with van der Waals surface area (Å²) in [6.45, 7) is -0.460. The third kappa shape index (κ3) is 3.88. The number of ether oxygens (including phenoxy) is 1. The molecule has 0 spiro atoms. The van der Waals surface area contributed by atoms with Crippen LogP contribution in [0.2, 0.25) is 0 Å². The SMILES string of the molecule is O=C(O)COc1ccc(NC(=O)c2cccs2)cc1-c1nc2ccccc2s1. The van der Waals surface area contributed by atoms with E-state index in [1.54, 1.807) is 24.3 Å². The minimum Gasteiger partial charge on any atom is -0.481 e. The highest BCUT2D eigenvalue weighted by Crippen LogP contribution is 2.37. The molecule has 4 aromatic rings. The maximum Gasteiger partial charge on any atom is 0.341 e. The number of fused-ring (bicyclic) bond motifs is 1. The van der Waals surface area contributed by atoms with Gasteiger partial charge < -0.3 is 15.2 Å². The third-order valence-electron chi connectivity index (χ3n) is 3.86. The maximum atomic E-state index is 12.3. The minimum absolute atomic E-state index is 0.204. The van der Waals surface area contributed by atoms with E-state index in [0.717, 1.165) is 10.2 Å². The van der Waals surface area contributed by atoms with Crippen molar-refractivity contribution in [1.82, 2.24) is 4.98 Å². The Morgan fingerprint density at radius 2 is 1.96 bits per heavy atom. The van der Waals surface area contributed by atoms with E-state index in [9.17, 15) is 9.59 Å². The lowest BCUT2D eigenvalue weighted by molar-refractivity contribution is -0.139. The Balaban J connectivity index is 1.71. The van der Waals surface area contributed by atoms with Crippen LogP contribution in [0.3, 0.4) is 0 Å². The van der Waals surface area contributed by atoms with Gasteiger partial charge in [-0.3, -0.25) is 4.79 Å². The lowest BCUT2D eigenvalue weighted by atomic mass is 10.1. The molecule has 0 saturated carbocycles. The van der Waals surface area contributed by atoms with Crippen molar-refractivity contribution in [2.24, 2.45) is 0 Å². The van der Waals surface area contributed by atoms with E-state index in [4.69, 9.17) is 9.84 Å². The molecule has 0 radical (unpaired) electrons. The number of nitrogens with zero attached hydrogens (tertiary/aromatic N) is 1. The first-order valence-electron chi connectivity index (χ1n) is 8.29. The average Bonchev–Trinajstić information content (AvgIpc) is 3.36. The van der Waals surface area contributed by atoms with E-state index in [-0.39, 0.29) is 5.91 Å². The fraction of sp³-hybridized carbons (Fsp3) is 0.0500. The predicted octanol–water partition coefficient (Wildman–Crippen LogP) is 4.74. The van der Waals surface area contributed by atoms with Crippen LogP contribution in [0.15, 0.2) is 60.0 Å². The van der Waals surface area contributed by atoms with Gasteiger partial charge in [0.25, 0.3) is 5.91 Å². The zero-order valence-corrected chi connectivity index (χ0v) is 16.0. The largest absolute Gasteiger partial charge is 0.481 e. The number of thiazole rings is 1. The fourth-order valence-electron chi connectivity index (χ4n) is 2.63. The van der Waals surface area contributed by atoms with Gasteiger partial charge in [-0.1, -0.05) is 18.2 Å². The molecule has 28 heavy (non-hydrogen) atoms. The van der Waals surface area contributed by atoms with Crippen LogP contribution in [0.4, 0.5) is 5.69 Å². The lowest BCUT2D eigenvalue weighted by Crippen LogP contribution is -2.11. The number of benzene rings is 2. The van der Waals surface area contributed by atoms with Crippen LogP contribution in [0, 0.1) is 0 Å². The van der Waals surface area contributed by atoms with Gasteiger partial charge in [0.1, 0.15) is 10.8 Å². The number of aliphatic carboxylic acids is 1. The van der Waals surface area contributed by atoms with Crippen molar-refractivity contribution in [1.29, 1.82) is 0 Å². The number of para-hydroxylation sites is 1. The standard InChI is InChI=1S/C20H14N2O4S2/c23-18(24)11-26-15-8-7-12(21-19(25)17-6-3-9-27-17)10-13(15)20-22-14-4-1-2-5-16(14)28-20/h1-10H,11H2,(H,21,25)(H,23,24). The molecule has 0 unspecified atom stereocenters. The van der Waals surface area contributed by atoms with E-state index >= 15 is 0 Å². The molecule has 4 rings (SSSR count). The first-order valence-corrected chi connectivity index (χ1v) is 9.99. The number of hydrogen-bond acceptors (Lipinski definition) is 6. The molecule has 2 heterocycles. The molecular weight excluding hydrogens is 396 g/mol. The van der Waals surface area contributed by atoms with Gasteiger partial charge >= 0.3 is 5.97 Å². The summed E-state index contributed by atoms with van der Waals surface area (Å²) in [6.07, 6.45) is 0. The van der Waals surface area contributed by atoms with E-state index in [1.165, 1.54) is 22.7 Å². The zero-order chi connectivity index (χ0) is 19.5. The number of nitrogens with one attached hydrogen (secondary N) is 1. The topological polar surface area (TPSA) is 88.5 Å². The highest BCUT2D eigenvalue weighted by atomic mass is 32.1. The number of anilines is 1. The van der Waals surface area contributed by atoms with Crippen molar-refractivity contribution in [3.05, 3.63) is 64.9 Å². The van der Waals surface area contributed by atoms with Gasteiger partial charge in [-0.2, -0.15) is 0 Å². The Morgan fingerprint density at radius 1 is 1.11 bits per heavy atom. The fourth-order valence-corrected chi connectivity index (χ4v) is 4.23. The number of thiophene rings is 1. The smallest absolute Gasteiger partial charge is 0.341 e. The van der Waals surface area contributed by atoms with Crippen molar-refractivity contribution in [2.75, 3.05) is 11.9 Å². The van der Waals surface area contributed by atoms with Crippen LogP contribution in [0.25, 0.3) is 20.8 Å². The normalized spacial score (nSPS) is 10.7. The van der Waals surface area contributed by atoms with Crippen LogP contribution in [-0.2, 0) is 4.79 Å². The van der Waals surface area contributed by atoms with E-state index in [0.29, 0.717) is 26.9 Å². The second kappa shape index (κ2) is 7.79. The van der Waals surface area contributed by atoms with Gasteiger partial charge in [0.05, 0.1) is 20.7 Å². The molecule has 2 N–H and O–H groups in total.